The highest BCUT2D eigenvalue weighted by molar-refractivity contribution is 5.32. The van der Waals surface area contributed by atoms with Gasteiger partial charge in [0.2, 0.25) is 0 Å². The molecular weight excluding hydrogens is 227 g/mol. The number of halogens is 1. The Morgan fingerprint density at radius 3 is 2.56 bits per heavy atom. The highest BCUT2D eigenvalue weighted by Gasteiger charge is 2.25. The molecule has 1 aliphatic rings. The normalized spacial score (nSPS) is 24.8. The van der Waals surface area contributed by atoms with E-state index in [2.05, 4.69) is 18.7 Å². The van der Waals surface area contributed by atoms with Crippen LogP contribution in [0.25, 0.3) is 0 Å². The molecule has 0 radical (unpaired) electrons. The van der Waals surface area contributed by atoms with E-state index in [4.69, 9.17) is 5.26 Å². The van der Waals surface area contributed by atoms with E-state index in [-0.39, 0.29) is 5.82 Å². The van der Waals surface area contributed by atoms with Crippen molar-refractivity contribution in [3.63, 3.8) is 0 Å². The maximum atomic E-state index is 13.9. The summed E-state index contributed by atoms with van der Waals surface area (Å²) in [6, 6.07) is 7.73. The van der Waals surface area contributed by atoms with Gasteiger partial charge in [0, 0.05) is 24.2 Å². The lowest BCUT2D eigenvalue weighted by molar-refractivity contribution is 0.0940. The van der Waals surface area contributed by atoms with E-state index in [0.717, 1.165) is 0 Å². The van der Waals surface area contributed by atoms with Crippen LogP contribution in [0.3, 0.4) is 0 Å². The maximum absolute atomic E-state index is 13.9. The molecule has 0 saturated carbocycles. The summed E-state index contributed by atoms with van der Waals surface area (Å²) in [4.78, 5) is 2.36. The number of benzene rings is 1. The Bertz CT molecular complexity index is 454. The van der Waals surface area contributed by atoms with Gasteiger partial charge < -0.3 is 0 Å². The zero-order valence-corrected chi connectivity index (χ0v) is 11.0. The molecule has 1 aliphatic heterocycles. The van der Waals surface area contributed by atoms with Gasteiger partial charge in [0.05, 0.1) is 11.6 Å². The summed E-state index contributed by atoms with van der Waals surface area (Å²) in [6.45, 7) is 5.05. The van der Waals surface area contributed by atoms with Crippen LogP contribution >= 0.6 is 0 Å². The van der Waals surface area contributed by atoms with Crippen LogP contribution < -0.4 is 0 Å². The van der Waals surface area contributed by atoms with Crippen molar-refractivity contribution in [1.82, 2.24) is 4.90 Å². The molecule has 1 heterocycles. The molecule has 2 rings (SSSR count). The van der Waals surface area contributed by atoms with E-state index in [0.29, 0.717) is 29.8 Å². The lowest BCUT2D eigenvalue weighted by atomic mass is 9.96. The van der Waals surface area contributed by atoms with E-state index < -0.39 is 0 Å². The van der Waals surface area contributed by atoms with Gasteiger partial charge in [-0.2, -0.15) is 5.26 Å². The molecular formula is C15H19FN2. The lowest BCUT2D eigenvalue weighted by Gasteiger charge is -2.39. The predicted molar refractivity (Wildman–Crippen MR) is 69.4 cm³/mol. The Morgan fingerprint density at radius 2 is 2.00 bits per heavy atom. The fourth-order valence-electron chi connectivity index (χ4n) is 2.73. The van der Waals surface area contributed by atoms with Crippen molar-refractivity contribution in [2.45, 2.75) is 51.7 Å². The van der Waals surface area contributed by atoms with Crippen molar-refractivity contribution < 1.29 is 4.39 Å². The van der Waals surface area contributed by atoms with Crippen molar-refractivity contribution in [2.24, 2.45) is 0 Å². The molecule has 0 aliphatic carbocycles. The molecule has 0 amide bonds. The highest BCUT2D eigenvalue weighted by atomic mass is 19.1. The average Bonchev–Trinajstić information content (AvgIpc) is 2.35. The van der Waals surface area contributed by atoms with Crippen LogP contribution in [-0.2, 0) is 6.54 Å². The van der Waals surface area contributed by atoms with Gasteiger partial charge >= 0.3 is 0 Å². The number of nitrogens with zero attached hydrogens (tertiary/aromatic N) is 2. The van der Waals surface area contributed by atoms with Gasteiger partial charge in [-0.25, -0.2) is 4.39 Å². The molecule has 18 heavy (non-hydrogen) atoms. The summed E-state index contributed by atoms with van der Waals surface area (Å²) in [5.41, 5.74) is 1.07. The number of likely N-dealkylation sites (tertiary alicyclic amines) is 1. The van der Waals surface area contributed by atoms with Gasteiger partial charge in [-0.3, -0.25) is 4.90 Å². The minimum atomic E-state index is -0.265. The molecule has 2 nitrogen and oxygen atoms in total. The molecule has 2 unspecified atom stereocenters. The zero-order valence-electron chi connectivity index (χ0n) is 11.0. The fraction of sp³-hybridized carbons (Fsp3) is 0.533. The number of nitriles is 1. The summed E-state index contributed by atoms with van der Waals surface area (Å²) in [7, 11) is 0. The van der Waals surface area contributed by atoms with Crippen molar-refractivity contribution in [2.75, 3.05) is 0 Å². The third kappa shape index (κ3) is 2.70. The van der Waals surface area contributed by atoms with E-state index >= 15 is 0 Å². The SMILES string of the molecule is CC1CCCC(C)N1Cc1ccc(C#N)cc1F. The van der Waals surface area contributed by atoms with Crippen LogP contribution in [0.2, 0.25) is 0 Å². The topological polar surface area (TPSA) is 27.0 Å². The summed E-state index contributed by atoms with van der Waals surface area (Å²) in [6.07, 6.45) is 3.62. The molecule has 1 fully saturated rings. The Kier molecular flexibility index (Phi) is 3.98. The smallest absolute Gasteiger partial charge is 0.129 e. The van der Waals surface area contributed by atoms with Gasteiger partial charge in [-0.05, 0) is 38.8 Å². The molecule has 0 N–H and O–H groups in total. The van der Waals surface area contributed by atoms with Gasteiger partial charge in [0.1, 0.15) is 5.82 Å². The maximum Gasteiger partial charge on any atom is 0.129 e. The van der Waals surface area contributed by atoms with Crippen molar-refractivity contribution in [3.05, 3.63) is 35.1 Å². The van der Waals surface area contributed by atoms with E-state index in [9.17, 15) is 4.39 Å². The first-order valence-electron chi connectivity index (χ1n) is 6.56. The summed E-state index contributed by atoms with van der Waals surface area (Å²) in [5.74, 6) is -0.265. The lowest BCUT2D eigenvalue weighted by Crippen LogP contribution is -2.43. The van der Waals surface area contributed by atoms with Gasteiger partial charge in [0.15, 0.2) is 0 Å². The fourth-order valence-corrected chi connectivity index (χ4v) is 2.73. The van der Waals surface area contributed by atoms with Crippen LogP contribution in [0.1, 0.15) is 44.2 Å². The second kappa shape index (κ2) is 5.49. The van der Waals surface area contributed by atoms with Crippen LogP contribution in [-0.4, -0.2) is 17.0 Å². The Labute approximate surface area is 108 Å². The first-order chi connectivity index (χ1) is 8.61. The molecule has 0 bridgehead atoms. The number of rotatable bonds is 2. The standard InChI is InChI=1S/C15H19FN2/c1-11-4-3-5-12(2)18(11)10-14-7-6-13(9-17)8-15(14)16/h6-8,11-12H,3-5,10H2,1-2H3. The Hall–Kier alpha value is -1.40. The van der Waals surface area contributed by atoms with Crippen LogP contribution in [0.5, 0.6) is 0 Å². The van der Waals surface area contributed by atoms with Gasteiger partial charge in [0.25, 0.3) is 0 Å². The minimum Gasteiger partial charge on any atom is -0.294 e. The molecule has 2 atom stereocenters. The highest BCUT2D eigenvalue weighted by Crippen LogP contribution is 2.25. The zero-order chi connectivity index (χ0) is 13.1. The minimum absolute atomic E-state index is 0.265. The number of hydrogen-bond acceptors (Lipinski definition) is 2. The summed E-state index contributed by atoms with van der Waals surface area (Å²) < 4.78 is 13.9. The van der Waals surface area contributed by atoms with Crippen molar-refractivity contribution in [1.29, 1.82) is 5.26 Å². The van der Waals surface area contributed by atoms with Crippen LogP contribution in [0.15, 0.2) is 18.2 Å². The van der Waals surface area contributed by atoms with Crippen molar-refractivity contribution >= 4 is 0 Å². The third-order valence-corrected chi connectivity index (χ3v) is 3.91. The van der Waals surface area contributed by atoms with E-state index in [1.807, 2.05) is 6.07 Å². The molecule has 1 saturated heterocycles. The van der Waals surface area contributed by atoms with Gasteiger partial charge in [-0.1, -0.05) is 12.5 Å². The average molecular weight is 246 g/mol. The van der Waals surface area contributed by atoms with E-state index in [1.54, 1.807) is 12.1 Å². The molecule has 1 aromatic rings. The largest absolute Gasteiger partial charge is 0.294 e. The van der Waals surface area contributed by atoms with Crippen LogP contribution in [0, 0.1) is 17.1 Å². The third-order valence-electron chi connectivity index (χ3n) is 3.91. The molecule has 3 heteroatoms. The quantitative estimate of drug-likeness (QED) is 0.799. The van der Waals surface area contributed by atoms with Crippen molar-refractivity contribution in [3.8, 4) is 6.07 Å². The molecule has 0 spiro atoms. The monoisotopic (exact) mass is 246 g/mol. The second-order valence-corrected chi connectivity index (χ2v) is 5.22. The van der Waals surface area contributed by atoms with E-state index in [1.165, 1.54) is 25.3 Å². The number of hydrogen-bond donors (Lipinski definition) is 0. The molecule has 0 aromatic heterocycles. The Morgan fingerprint density at radius 1 is 1.33 bits per heavy atom. The molecule has 1 aromatic carbocycles. The molecule has 96 valence electrons. The second-order valence-electron chi connectivity index (χ2n) is 5.22. The first kappa shape index (κ1) is 13.0. The summed E-state index contributed by atoms with van der Waals surface area (Å²) in [5, 5.41) is 8.73. The Balaban J connectivity index is 2.15. The first-order valence-corrected chi connectivity index (χ1v) is 6.56. The predicted octanol–water partition coefficient (Wildman–Crippen LogP) is 3.46. The van der Waals surface area contributed by atoms with Crippen LogP contribution in [0.4, 0.5) is 4.39 Å². The van der Waals surface area contributed by atoms with Gasteiger partial charge in [-0.15, -0.1) is 0 Å². The number of piperidine rings is 1. The summed E-state index contributed by atoms with van der Waals surface area (Å²) >= 11 is 0.